The summed E-state index contributed by atoms with van der Waals surface area (Å²) in [5, 5.41) is 19.3. The fourth-order valence-electron chi connectivity index (χ4n) is 2.31. The van der Waals surface area contributed by atoms with Gasteiger partial charge in [0.1, 0.15) is 0 Å². The lowest BCUT2D eigenvalue weighted by molar-refractivity contribution is -0.290. The van der Waals surface area contributed by atoms with Gasteiger partial charge in [-0.05, 0) is 6.92 Å². The van der Waals surface area contributed by atoms with Crippen LogP contribution in [0.3, 0.4) is 0 Å². The molecule has 0 bridgehead atoms. The van der Waals surface area contributed by atoms with Crippen molar-refractivity contribution in [2.24, 2.45) is 16.2 Å². The van der Waals surface area contributed by atoms with Gasteiger partial charge < -0.3 is 29.2 Å². The van der Waals surface area contributed by atoms with E-state index in [2.05, 4.69) is 0 Å². The first-order valence-electron chi connectivity index (χ1n) is 8.15. The molecule has 6 heteroatoms. The van der Waals surface area contributed by atoms with Gasteiger partial charge in [0.05, 0.1) is 32.5 Å². The highest BCUT2D eigenvalue weighted by Crippen LogP contribution is 2.34. The summed E-state index contributed by atoms with van der Waals surface area (Å²) in [6, 6.07) is 0. The van der Waals surface area contributed by atoms with Gasteiger partial charge in [-0.1, -0.05) is 34.6 Å². The Balaban J connectivity index is 2.58. The van der Waals surface area contributed by atoms with E-state index in [-0.39, 0.29) is 12.0 Å². The van der Waals surface area contributed by atoms with Crippen LogP contribution >= 0.6 is 0 Å². The zero-order valence-corrected chi connectivity index (χ0v) is 15.6. The molecule has 1 aliphatic heterocycles. The molecule has 2 atom stereocenters. The van der Waals surface area contributed by atoms with Gasteiger partial charge >= 0.3 is 0 Å². The third kappa shape index (κ3) is 5.11. The quantitative estimate of drug-likeness (QED) is 0.659. The van der Waals surface area contributed by atoms with Gasteiger partial charge in [-0.25, -0.2) is 0 Å². The number of rotatable bonds is 8. The van der Waals surface area contributed by atoms with Crippen LogP contribution in [0.15, 0.2) is 0 Å². The molecular weight excluding hydrogens is 300 g/mol. The lowest BCUT2D eigenvalue weighted by atomic mass is 9.86. The Morgan fingerprint density at radius 1 is 1.22 bits per heavy atom. The summed E-state index contributed by atoms with van der Waals surface area (Å²) in [4.78, 5) is 0. The van der Waals surface area contributed by atoms with E-state index in [0.717, 1.165) is 0 Å². The Morgan fingerprint density at radius 2 is 1.74 bits per heavy atom. The van der Waals surface area contributed by atoms with E-state index >= 15 is 0 Å². The summed E-state index contributed by atoms with van der Waals surface area (Å²) >= 11 is 0. The molecule has 0 saturated carbocycles. The van der Waals surface area contributed by atoms with Crippen molar-refractivity contribution in [3.05, 3.63) is 0 Å². The first-order valence-corrected chi connectivity index (χ1v) is 8.15. The van der Waals surface area contributed by atoms with E-state index < -0.39 is 29.5 Å². The lowest BCUT2D eigenvalue weighted by Crippen LogP contribution is -2.50. The monoisotopic (exact) mass is 334 g/mol. The minimum absolute atomic E-state index is 0.000786. The molecule has 0 aliphatic carbocycles. The zero-order chi connectivity index (χ0) is 17.9. The average Bonchev–Trinajstić information content (AvgIpc) is 2.47. The highest BCUT2D eigenvalue weighted by atomic mass is 16.7. The molecule has 2 unspecified atom stereocenters. The van der Waals surface area contributed by atoms with Gasteiger partial charge in [-0.3, -0.25) is 0 Å². The number of hydrogen-bond donors (Lipinski definition) is 2. The summed E-state index contributed by atoms with van der Waals surface area (Å²) in [6.07, 6.45) is -1.51. The van der Waals surface area contributed by atoms with E-state index in [0.29, 0.717) is 19.8 Å². The topological polar surface area (TPSA) is 77.4 Å². The molecule has 1 saturated heterocycles. The van der Waals surface area contributed by atoms with Crippen LogP contribution < -0.4 is 0 Å². The van der Waals surface area contributed by atoms with E-state index in [4.69, 9.17) is 18.9 Å². The first-order chi connectivity index (χ1) is 10.5. The van der Waals surface area contributed by atoms with Crippen molar-refractivity contribution in [3.63, 3.8) is 0 Å². The van der Waals surface area contributed by atoms with Crippen LogP contribution in [0.1, 0.15) is 41.5 Å². The number of aliphatic hydroxyl groups excluding tert-OH is 2. The number of aliphatic hydroxyl groups is 2. The van der Waals surface area contributed by atoms with Gasteiger partial charge in [0.2, 0.25) is 0 Å². The smallest absolute Gasteiger partial charge is 0.164 e. The summed E-state index contributed by atoms with van der Waals surface area (Å²) in [6.45, 7) is 12.7. The molecule has 0 radical (unpaired) electrons. The van der Waals surface area contributed by atoms with Crippen molar-refractivity contribution in [2.45, 2.75) is 60.2 Å². The SMILES string of the molecule is COC(OCC1(C)COC(C(C)(C)CO)OC1)C(C)(C)C(C)O. The second kappa shape index (κ2) is 7.76. The van der Waals surface area contributed by atoms with Crippen LogP contribution in [0.4, 0.5) is 0 Å². The molecule has 0 spiro atoms. The Kier molecular flexibility index (Phi) is 7.02. The average molecular weight is 334 g/mol. The van der Waals surface area contributed by atoms with E-state index in [9.17, 15) is 10.2 Å². The van der Waals surface area contributed by atoms with Crippen LogP contribution in [-0.2, 0) is 18.9 Å². The second-order valence-corrected chi connectivity index (χ2v) is 8.29. The van der Waals surface area contributed by atoms with Crippen LogP contribution in [0.5, 0.6) is 0 Å². The number of ether oxygens (including phenoxy) is 4. The molecule has 1 fully saturated rings. The Labute approximate surface area is 140 Å². The van der Waals surface area contributed by atoms with Crippen molar-refractivity contribution < 1.29 is 29.2 Å². The molecule has 1 heterocycles. The maximum Gasteiger partial charge on any atom is 0.164 e. The van der Waals surface area contributed by atoms with Crippen molar-refractivity contribution in [2.75, 3.05) is 33.5 Å². The van der Waals surface area contributed by atoms with Crippen LogP contribution in [0.25, 0.3) is 0 Å². The second-order valence-electron chi connectivity index (χ2n) is 8.29. The molecular formula is C17H34O6. The molecule has 1 rings (SSSR count). The van der Waals surface area contributed by atoms with Gasteiger partial charge in [0.15, 0.2) is 12.6 Å². The molecule has 6 nitrogen and oxygen atoms in total. The molecule has 0 aromatic rings. The van der Waals surface area contributed by atoms with Gasteiger partial charge in [0, 0.05) is 23.4 Å². The third-order valence-electron chi connectivity index (χ3n) is 4.69. The predicted molar refractivity (Wildman–Crippen MR) is 86.9 cm³/mol. The highest BCUT2D eigenvalue weighted by molar-refractivity contribution is 4.83. The number of hydrogen-bond acceptors (Lipinski definition) is 6. The Hall–Kier alpha value is -0.240. The summed E-state index contributed by atoms with van der Waals surface area (Å²) in [5.41, 5.74) is -1.26. The molecule has 23 heavy (non-hydrogen) atoms. The van der Waals surface area contributed by atoms with Crippen LogP contribution in [-0.4, -0.2) is 62.4 Å². The maximum absolute atomic E-state index is 9.90. The van der Waals surface area contributed by atoms with Crippen molar-refractivity contribution in [3.8, 4) is 0 Å². The van der Waals surface area contributed by atoms with Gasteiger partial charge in [0.25, 0.3) is 0 Å². The van der Waals surface area contributed by atoms with E-state index in [1.807, 2.05) is 34.6 Å². The molecule has 0 aromatic carbocycles. The number of methoxy groups -OCH3 is 1. The molecule has 2 N–H and O–H groups in total. The molecule has 0 amide bonds. The zero-order valence-electron chi connectivity index (χ0n) is 15.6. The third-order valence-corrected chi connectivity index (χ3v) is 4.69. The normalized spacial score (nSPS) is 29.3. The molecule has 1 aliphatic rings. The van der Waals surface area contributed by atoms with Crippen molar-refractivity contribution in [1.29, 1.82) is 0 Å². The minimum Gasteiger partial charge on any atom is -0.396 e. The summed E-state index contributed by atoms with van der Waals surface area (Å²) in [7, 11) is 1.57. The van der Waals surface area contributed by atoms with Gasteiger partial charge in [-0.2, -0.15) is 0 Å². The Morgan fingerprint density at radius 3 is 2.13 bits per heavy atom. The fourth-order valence-corrected chi connectivity index (χ4v) is 2.31. The van der Waals surface area contributed by atoms with Crippen molar-refractivity contribution >= 4 is 0 Å². The highest BCUT2D eigenvalue weighted by Gasteiger charge is 2.42. The molecule has 0 aromatic heterocycles. The summed E-state index contributed by atoms with van der Waals surface area (Å²) in [5.74, 6) is 0. The van der Waals surface area contributed by atoms with Crippen LogP contribution in [0, 0.1) is 16.2 Å². The standard InChI is InChI=1S/C17H34O6/c1-12(19)16(4,5)14(20-7)23-11-17(6)9-21-13(22-10-17)15(2,3)8-18/h12-14,18-19H,8-11H2,1-7H3. The maximum atomic E-state index is 9.90. The minimum atomic E-state index is -0.561. The Bertz CT molecular complexity index is 358. The predicted octanol–water partition coefficient (Wildman–Crippen LogP) is 1.78. The fraction of sp³-hybridized carbons (Fsp3) is 1.00. The largest absolute Gasteiger partial charge is 0.396 e. The lowest BCUT2D eigenvalue weighted by Gasteiger charge is -2.43. The van der Waals surface area contributed by atoms with Gasteiger partial charge in [-0.15, -0.1) is 0 Å². The first kappa shape index (κ1) is 20.8. The summed E-state index contributed by atoms with van der Waals surface area (Å²) < 4.78 is 22.9. The van der Waals surface area contributed by atoms with Crippen molar-refractivity contribution in [1.82, 2.24) is 0 Å². The van der Waals surface area contributed by atoms with E-state index in [1.54, 1.807) is 14.0 Å². The molecule has 138 valence electrons. The van der Waals surface area contributed by atoms with Crippen LogP contribution in [0.2, 0.25) is 0 Å². The van der Waals surface area contributed by atoms with E-state index in [1.165, 1.54) is 0 Å².